The average Bonchev–Trinajstić information content (AvgIpc) is 2.85. The molecule has 9 nitrogen and oxygen atoms in total. The molecule has 4 aromatic rings. The van der Waals surface area contributed by atoms with E-state index in [1.54, 1.807) is 24.2 Å². The van der Waals surface area contributed by atoms with Gasteiger partial charge < -0.3 is 19.9 Å². The predicted octanol–water partition coefficient (Wildman–Crippen LogP) is 4.44. The topological polar surface area (TPSA) is 96.4 Å². The highest BCUT2D eigenvalue weighted by atomic mass is 35.5. The van der Waals surface area contributed by atoms with Gasteiger partial charge in [-0.25, -0.2) is 19.9 Å². The van der Waals surface area contributed by atoms with Crippen molar-refractivity contribution in [2.24, 2.45) is 0 Å². The van der Waals surface area contributed by atoms with Crippen molar-refractivity contribution >= 4 is 45.9 Å². The van der Waals surface area contributed by atoms with Gasteiger partial charge in [-0.1, -0.05) is 36.4 Å². The van der Waals surface area contributed by atoms with E-state index >= 15 is 0 Å². The van der Waals surface area contributed by atoms with Gasteiger partial charge in [-0.2, -0.15) is 0 Å². The molecule has 0 atom stereocenters. The van der Waals surface area contributed by atoms with Crippen LogP contribution in [0.5, 0.6) is 11.6 Å². The number of hydrogen-bond acceptors (Lipinski definition) is 8. The highest BCUT2D eigenvalue weighted by Crippen LogP contribution is 2.31. The zero-order valence-electron chi connectivity index (χ0n) is 18.9. The highest BCUT2D eigenvalue weighted by molar-refractivity contribution is 6.32. The summed E-state index contributed by atoms with van der Waals surface area (Å²) in [5, 5.41) is 3.59. The maximum atomic E-state index is 11.8. The summed E-state index contributed by atoms with van der Waals surface area (Å²) >= 11 is 6.41. The maximum Gasteiger partial charge on any atom is 0.246 e. The lowest BCUT2D eigenvalue weighted by Crippen LogP contribution is -2.59. The number of para-hydroxylation sites is 1. The third kappa shape index (κ3) is 4.71. The van der Waals surface area contributed by atoms with E-state index in [0.29, 0.717) is 52.3 Å². The Morgan fingerprint density at radius 3 is 2.74 bits per heavy atom. The van der Waals surface area contributed by atoms with Crippen LogP contribution in [0.15, 0.2) is 73.7 Å². The molecule has 1 fully saturated rings. The lowest BCUT2D eigenvalue weighted by atomic mass is 10.1. The van der Waals surface area contributed by atoms with Crippen molar-refractivity contribution < 1.29 is 9.53 Å². The molecule has 5 rings (SSSR count). The summed E-state index contributed by atoms with van der Waals surface area (Å²) in [5.74, 6) is 2.18. The Morgan fingerprint density at radius 1 is 1.20 bits per heavy atom. The number of carbonyl (C=O) groups excluding carboxylic acids is 1. The van der Waals surface area contributed by atoms with E-state index in [9.17, 15) is 4.79 Å². The van der Waals surface area contributed by atoms with Crippen LogP contribution in [0.4, 0.5) is 17.3 Å². The minimum Gasteiger partial charge on any atom is -0.438 e. The Hall–Kier alpha value is -4.24. The number of hydrogen-bond donors (Lipinski definition) is 1. The lowest BCUT2D eigenvalue weighted by Gasteiger charge is -2.44. The Kier molecular flexibility index (Phi) is 6.15. The number of ether oxygens (including phenoxy) is 1. The van der Waals surface area contributed by atoms with Gasteiger partial charge in [-0.3, -0.25) is 4.79 Å². The van der Waals surface area contributed by atoms with Crippen LogP contribution in [0.1, 0.15) is 0 Å². The van der Waals surface area contributed by atoms with Crippen LogP contribution >= 0.6 is 11.6 Å². The molecule has 0 bridgehead atoms. The second-order valence-electron chi connectivity index (χ2n) is 8.02. The number of carbonyl (C=O) groups is 1. The molecule has 10 heteroatoms. The number of aromatic nitrogens is 4. The summed E-state index contributed by atoms with van der Waals surface area (Å²) < 4.78 is 5.75. The summed E-state index contributed by atoms with van der Waals surface area (Å²) in [5.41, 5.74) is 1.95. The van der Waals surface area contributed by atoms with Crippen LogP contribution in [0.3, 0.4) is 0 Å². The summed E-state index contributed by atoms with van der Waals surface area (Å²) in [4.78, 5) is 33.5. The summed E-state index contributed by atoms with van der Waals surface area (Å²) in [6.07, 6.45) is 4.42. The van der Waals surface area contributed by atoms with Crippen LogP contribution in [0, 0.1) is 0 Å². The van der Waals surface area contributed by atoms with Crippen molar-refractivity contribution in [3.05, 3.63) is 78.7 Å². The van der Waals surface area contributed by atoms with Crippen molar-refractivity contribution in [2.75, 3.05) is 30.4 Å². The minimum atomic E-state index is -0.0894. The number of pyridine rings is 2. The molecule has 1 amide bonds. The van der Waals surface area contributed by atoms with E-state index in [-0.39, 0.29) is 11.9 Å². The van der Waals surface area contributed by atoms with E-state index in [1.165, 1.54) is 12.4 Å². The quantitative estimate of drug-likeness (QED) is 0.382. The molecule has 1 aliphatic rings. The number of halogens is 1. The number of nitrogens with zero attached hydrogens (tertiary/aromatic N) is 6. The number of rotatable bonds is 7. The van der Waals surface area contributed by atoms with Crippen molar-refractivity contribution in [3.63, 3.8) is 0 Å². The molecule has 0 radical (unpaired) electrons. The van der Waals surface area contributed by atoms with Crippen LogP contribution in [-0.4, -0.2) is 56.9 Å². The first kappa shape index (κ1) is 22.5. The first-order valence-corrected chi connectivity index (χ1v) is 11.3. The van der Waals surface area contributed by atoms with Crippen LogP contribution in [-0.2, 0) is 4.79 Å². The zero-order chi connectivity index (χ0) is 24.4. The largest absolute Gasteiger partial charge is 0.438 e. The van der Waals surface area contributed by atoms with Gasteiger partial charge in [-0.05, 0) is 36.4 Å². The molecule has 1 aromatic carbocycles. The normalized spacial score (nSPS) is 13.3. The van der Waals surface area contributed by atoms with E-state index < -0.39 is 0 Å². The Labute approximate surface area is 207 Å². The SMILES string of the molecule is C=CC(=O)N(C)C1CN(c2ccc3ncnc(Nc4cnc(Oc5ccccc5)c(Cl)c4)c3n2)C1. The molecular weight excluding hydrogens is 466 g/mol. The van der Waals surface area contributed by atoms with E-state index in [1.807, 2.05) is 42.5 Å². The molecule has 1 N–H and O–H groups in total. The molecule has 3 aromatic heterocycles. The first-order valence-electron chi connectivity index (χ1n) is 10.9. The Morgan fingerprint density at radius 2 is 2.00 bits per heavy atom. The van der Waals surface area contributed by atoms with E-state index in [4.69, 9.17) is 21.3 Å². The number of anilines is 3. The van der Waals surface area contributed by atoms with Crippen LogP contribution in [0.2, 0.25) is 5.02 Å². The predicted molar refractivity (Wildman–Crippen MR) is 135 cm³/mol. The molecule has 0 aliphatic carbocycles. The van der Waals surface area contributed by atoms with Gasteiger partial charge in [-0.15, -0.1) is 0 Å². The van der Waals surface area contributed by atoms with Crippen molar-refractivity contribution in [2.45, 2.75) is 6.04 Å². The second kappa shape index (κ2) is 9.55. The maximum absolute atomic E-state index is 11.8. The fourth-order valence-electron chi connectivity index (χ4n) is 3.71. The van der Waals surface area contributed by atoms with Gasteiger partial charge in [0.1, 0.15) is 28.4 Å². The molecule has 1 saturated heterocycles. The average molecular weight is 488 g/mol. The van der Waals surface area contributed by atoms with E-state index in [2.05, 4.69) is 31.7 Å². The second-order valence-corrected chi connectivity index (χ2v) is 8.43. The number of benzene rings is 1. The third-order valence-electron chi connectivity index (χ3n) is 5.75. The minimum absolute atomic E-state index is 0.0894. The Bertz CT molecular complexity index is 1390. The summed E-state index contributed by atoms with van der Waals surface area (Å²) in [7, 11) is 1.78. The first-order chi connectivity index (χ1) is 17.0. The van der Waals surface area contributed by atoms with Crippen molar-refractivity contribution in [1.29, 1.82) is 0 Å². The number of likely N-dealkylation sites (N-methyl/N-ethyl adjacent to an activating group) is 1. The number of nitrogens with one attached hydrogen (secondary N) is 1. The summed E-state index contributed by atoms with van der Waals surface area (Å²) in [6, 6.07) is 15.0. The van der Waals surface area contributed by atoms with Gasteiger partial charge in [0.25, 0.3) is 0 Å². The molecular formula is C25H22ClN7O2. The smallest absolute Gasteiger partial charge is 0.246 e. The van der Waals surface area contributed by atoms with Crippen LogP contribution < -0.4 is 15.0 Å². The van der Waals surface area contributed by atoms with Gasteiger partial charge in [0, 0.05) is 20.1 Å². The summed E-state index contributed by atoms with van der Waals surface area (Å²) in [6.45, 7) is 4.92. The fourth-order valence-corrected chi connectivity index (χ4v) is 3.92. The third-order valence-corrected chi connectivity index (χ3v) is 6.02. The molecule has 176 valence electrons. The van der Waals surface area contributed by atoms with Gasteiger partial charge in [0.2, 0.25) is 11.8 Å². The molecule has 0 unspecified atom stereocenters. The molecule has 4 heterocycles. The molecule has 35 heavy (non-hydrogen) atoms. The number of fused-ring (bicyclic) bond motifs is 1. The van der Waals surface area contributed by atoms with Crippen LogP contribution in [0.25, 0.3) is 11.0 Å². The number of amides is 1. The van der Waals surface area contributed by atoms with Crippen molar-refractivity contribution in [1.82, 2.24) is 24.8 Å². The zero-order valence-corrected chi connectivity index (χ0v) is 19.7. The van der Waals surface area contributed by atoms with E-state index in [0.717, 1.165) is 5.82 Å². The lowest BCUT2D eigenvalue weighted by molar-refractivity contribution is -0.127. The molecule has 1 aliphatic heterocycles. The standard InChI is InChI=1S/C25H22ClN7O2/c1-3-22(34)32(2)17-13-33(14-17)21-10-9-20-23(31-21)24(29-15-28-20)30-16-11-19(26)25(27-12-16)35-18-7-5-4-6-8-18/h3-12,15,17H,1,13-14H2,2H3,(H,28,29,30). The fraction of sp³-hybridized carbons (Fsp3) is 0.160. The van der Waals surface area contributed by atoms with Gasteiger partial charge in [0.15, 0.2) is 5.82 Å². The Balaban J connectivity index is 1.34. The monoisotopic (exact) mass is 487 g/mol. The van der Waals surface area contributed by atoms with Gasteiger partial charge in [0.05, 0.1) is 23.4 Å². The molecule has 0 saturated carbocycles. The highest BCUT2D eigenvalue weighted by Gasteiger charge is 2.32. The van der Waals surface area contributed by atoms with Crippen molar-refractivity contribution in [3.8, 4) is 11.6 Å². The molecule has 0 spiro atoms. The van der Waals surface area contributed by atoms with Gasteiger partial charge >= 0.3 is 0 Å².